The van der Waals surface area contributed by atoms with Crippen molar-refractivity contribution in [3.8, 4) is 0 Å². The third-order valence-electron chi connectivity index (χ3n) is 4.13. The molecule has 2 aromatic heterocycles. The monoisotopic (exact) mass is 322 g/mol. The molecule has 23 heavy (non-hydrogen) atoms. The van der Waals surface area contributed by atoms with Gasteiger partial charge < -0.3 is 4.40 Å². The van der Waals surface area contributed by atoms with Crippen LogP contribution < -0.4 is 0 Å². The smallest absolute Gasteiger partial charge is 0.269 e. The first-order valence-corrected chi connectivity index (χ1v) is 8.22. The maximum atomic E-state index is 10.8. The van der Waals surface area contributed by atoms with E-state index in [1.165, 1.54) is 27.0 Å². The Bertz CT molecular complexity index is 1030. The summed E-state index contributed by atoms with van der Waals surface area (Å²) in [5, 5.41) is 14.2. The Morgan fingerprint density at radius 2 is 1.96 bits per heavy atom. The van der Waals surface area contributed by atoms with Gasteiger partial charge in [-0.3, -0.25) is 10.1 Å². The molecule has 0 unspecified atom stereocenters. The fraction of sp³-hybridized carbons (Fsp3) is 0.111. The van der Waals surface area contributed by atoms with Crippen molar-refractivity contribution < 1.29 is 4.92 Å². The first-order valence-electron chi connectivity index (χ1n) is 7.34. The third kappa shape index (κ3) is 2.29. The number of non-ortho nitro benzene ring substituents is 1. The van der Waals surface area contributed by atoms with Crippen LogP contribution in [0.25, 0.3) is 15.7 Å². The molecule has 0 aliphatic rings. The molecular formula is C18H14N2O2S. The maximum absolute atomic E-state index is 10.8. The van der Waals surface area contributed by atoms with Gasteiger partial charge in [0.1, 0.15) is 4.83 Å². The number of nitro groups is 1. The first-order chi connectivity index (χ1) is 11.1. The molecule has 0 saturated heterocycles. The summed E-state index contributed by atoms with van der Waals surface area (Å²) in [6.07, 6.45) is 0.760. The van der Waals surface area contributed by atoms with E-state index in [1.54, 1.807) is 23.5 Å². The van der Waals surface area contributed by atoms with E-state index in [1.807, 2.05) is 12.1 Å². The van der Waals surface area contributed by atoms with Gasteiger partial charge in [-0.2, -0.15) is 0 Å². The quantitative estimate of drug-likeness (QED) is 0.395. The normalized spacial score (nSPS) is 11.3. The number of aryl methyl sites for hydroxylation is 1. The van der Waals surface area contributed by atoms with Gasteiger partial charge >= 0.3 is 0 Å². The standard InChI is InChI=1S/C18H14N2O2S/c1-12-3-2-4-14-10-17-19(18(12)14)16(11-23-17)9-13-5-7-15(8-6-13)20(21)22/h2-8,10-11H,9H2,1H3. The highest BCUT2D eigenvalue weighted by atomic mass is 32.1. The van der Waals surface area contributed by atoms with Crippen molar-refractivity contribution in [3.05, 3.63) is 80.8 Å². The largest absolute Gasteiger partial charge is 0.304 e. The van der Waals surface area contributed by atoms with Crippen LogP contribution in [0.4, 0.5) is 5.69 Å². The molecule has 0 atom stereocenters. The van der Waals surface area contributed by atoms with Crippen molar-refractivity contribution in [2.45, 2.75) is 13.3 Å². The Labute approximate surface area is 136 Å². The van der Waals surface area contributed by atoms with E-state index in [2.05, 4.69) is 41.0 Å². The van der Waals surface area contributed by atoms with E-state index in [0.717, 1.165) is 12.0 Å². The molecule has 2 aromatic carbocycles. The Balaban J connectivity index is 1.80. The fourth-order valence-corrected chi connectivity index (χ4v) is 3.98. The van der Waals surface area contributed by atoms with Crippen LogP contribution in [0.1, 0.15) is 16.8 Å². The highest BCUT2D eigenvalue weighted by Gasteiger charge is 2.12. The SMILES string of the molecule is Cc1cccc2cc3scc(Cc4ccc([N+](=O)[O-])cc4)n3c12. The molecule has 0 radical (unpaired) electrons. The van der Waals surface area contributed by atoms with Crippen LogP contribution >= 0.6 is 11.3 Å². The lowest BCUT2D eigenvalue weighted by molar-refractivity contribution is -0.384. The van der Waals surface area contributed by atoms with Crippen LogP contribution in [-0.4, -0.2) is 9.32 Å². The predicted octanol–water partition coefficient (Wildman–Crippen LogP) is 4.96. The summed E-state index contributed by atoms with van der Waals surface area (Å²) in [5.74, 6) is 0. The zero-order chi connectivity index (χ0) is 16.0. The number of rotatable bonds is 3. The van der Waals surface area contributed by atoms with Gasteiger partial charge in [-0.05, 0) is 24.1 Å². The average molecular weight is 322 g/mol. The van der Waals surface area contributed by atoms with E-state index < -0.39 is 0 Å². The molecular weight excluding hydrogens is 308 g/mol. The average Bonchev–Trinajstić information content (AvgIpc) is 3.08. The minimum atomic E-state index is -0.366. The minimum Gasteiger partial charge on any atom is -0.304 e. The number of hydrogen-bond donors (Lipinski definition) is 0. The van der Waals surface area contributed by atoms with Crippen molar-refractivity contribution in [1.29, 1.82) is 0 Å². The van der Waals surface area contributed by atoms with Gasteiger partial charge in [-0.1, -0.05) is 30.3 Å². The van der Waals surface area contributed by atoms with Crippen molar-refractivity contribution in [2.75, 3.05) is 0 Å². The molecule has 4 rings (SSSR count). The minimum absolute atomic E-state index is 0.131. The lowest BCUT2D eigenvalue weighted by atomic mass is 10.1. The van der Waals surface area contributed by atoms with E-state index in [0.29, 0.717) is 0 Å². The molecule has 0 spiro atoms. The van der Waals surface area contributed by atoms with Gasteiger partial charge in [0.25, 0.3) is 5.69 Å². The number of nitro benzene ring substituents is 1. The van der Waals surface area contributed by atoms with Crippen molar-refractivity contribution in [1.82, 2.24) is 4.40 Å². The summed E-state index contributed by atoms with van der Waals surface area (Å²) in [4.78, 5) is 11.6. The van der Waals surface area contributed by atoms with Crippen LogP contribution in [0.3, 0.4) is 0 Å². The fourth-order valence-electron chi connectivity index (χ4n) is 3.03. The molecule has 2 heterocycles. The summed E-state index contributed by atoms with van der Waals surface area (Å²) in [5.41, 5.74) is 4.92. The predicted molar refractivity (Wildman–Crippen MR) is 93.4 cm³/mol. The summed E-state index contributed by atoms with van der Waals surface area (Å²) >= 11 is 1.73. The van der Waals surface area contributed by atoms with Gasteiger partial charge in [0.05, 0.1) is 10.4 Å². The van der Waals surface area contributed by atoms with Gasteiger partial charge in [-0.15, -0.1) is 11.3 Å². The van der Waals surface area contributed by atoms with E-state index >= 15 is 0 Å². The number of thiazole rings is 1. The molecule has 0 aliphatic heterocycles. The summed E-state index contributed by atoms with van der Waals surface area (Å²) in [7, 11) is 0. The number of hydrogen-bond acceptors (Lipinski definition) is 3. The molecule has 0 saturated carbocycles. The van der Waals surface area contributed by atoms with Gasteiger partial charge in [0, 0.05) is 35.0 Å². The first kappa shape index (κ1) is 14.0. The molecule has 4 nitrogen and oxygen atoms in total. The zero-order valence-corrected chi connectivity index (χ0v) is 13.3. The second kappa shape index (κ2) is 5.21. The second-order valence-electron chi connectivity index (χ2n) is 5.66. The Morgan fingerprint density at radius 1 is 1.17 bits per heavy atom. The number of para-hydroxylation sites is 1. The van der Waals surface area contributed by atoms with Crippen molar-refractivity contribution in [3.63, 3.8) is 0 Å². The highest BCUT2D eigenvalue weighted by Crippen LogP contribution is 2.30. The van der Waals surface area contributed by atoms with E-state index in [-0.39, 0.29) is 10.6 Å². The molecule has 0 aliphatic carbocycles. The summed E-state index contributed by atoms with van der Waals surface area (Å²) in [6, 6.07) is 15.4. The molecule has 0 fully saturated rings. The zero-order valence-electron chi connectivity index (χ0n) is 12.5. The number of nitrogens with zero attached hydrogens (tertiary/aromatic N) is 2. The second-order valence-corrected chi connectivity index (χ2v) is 6.55. The van der Waals surface area contributed by atoms with Crippen LogP contribution in [0.2, 0.25) is 0 Å². The van der Waals surface area contributed by atoms with Crippen LogP contribution in [0.5, 0.6) is 0 Å². The molecule has 0 N–H and O–H groups in total. The van der Waals surface area contributed by atoms with Crippen molar-refractivity contribution in [2.24, 2.45) is 0 Å². The molecule has 114 valence electrons. The number of aromatic nitrogens is 1. The third-order valence-corrected chi connectivity index (χ3v) is 5.06. The van der Waals surface area contributed by atoms with Crippen LogP contribution in [-0.2, 0) is 6.42 Å². The van der Waals surface area contributed by atoms with Gasteiger partial charge in [0.2, 0.25) is 0 Å². The molecule has 0 amide bonds. The molecule has 4 aromatic rings. The lowest BCUT2D eigenvalue weighted by Gasteiger charge is -2.04. The topological polar surface area (TPSA) is 47.5 Å². The summed E-state index contributed by atoms with van der Waals surface area (Å²) < 4.78 is 2.30. The van der Waals surface area contributed by atoms with Crippen molar-refractivity contribution >= 4 is 32.8 Å². The Hall–Kier alpha value is -2.66. The van der Waals surface area contributed by atoms with Crippen LogP contribution in [0.15, 0.2) is 53.9 Å². The maximum Gasteiger partial charge on any atom is 0.269 e. The Morgan fingerprint density at radius 3 is 2.70 bits per heavy atom. The van der Waals surface area contributed by atoms with Gasteiger partial charge in [0.15, 0.2) is 0 Å². The summed E-state index contributed by atoms with van der Waals surface area (Å²) in [6.45, 7) is 2.13. The van der Waals surface area contributed by atoms with Crippen LogP contribution in [0, 0.1) is 17.0 Å². The van der Waals surface area contributed by atoms with E-state index in [4.69, 9.17) is 0 Å². The molecule has 0 bridgehead atoms. The lowest BCUT2D eigenvalue weighted by Crippen LogP contribution is -1.95. The number of benzene rings is 2. The van der Waals surface area contributed by atoms with Gasteiger partial charge in [-0.25, -0.2) is 0 Å². The Kier molecular flexibility index (Phi) is 3.16. The highest BCUT2D eigenvalue weighted by molar-refractivity contribution is 7.15. The number of fused-ring (bicyclic) bond motifs is 3. The van der Waals surface area contributed by atoms with E-state index in [9.17, 15) is 10.1 Å². The molecule has 5 heteroatoms.